The summed E-state index contributed by atoms with van der Waals surface area (Å²) in [4.78, 5) is 0. The first-order valence-corrected chi connectivity index (χ1v) is 9.61. The lowest BCUT2D eigenvalue weighted by Gasteiger charge is -2.28. The van der Waals surface area contributed by atoms with Crippen LogP contribution in [0.15, 0.2) is 12.2 Å². The molecule has 0 aliphatic heterocycles. The molecule has 19 heavy (non-hydrogen) atoms. The minimum absolute atomic E-state index is 0.660. The van der Waals surface area contributed by atoms with Crippen molar-refractivity contribution in [1.29, 1.82) is 0 Å². The fourth-order valence-corrected chi connectivity index (χ4v) is 4.92. The monoisotopic (exact) mass is 288 g/mol. The van der Waals surface area contributed by atoms with Gasteiger partial charge in [-0.3, -0.25) is 0 Å². The van der Waals surface area contributed by atoms with Crippen molar-refractivity contribution in [2.75, 3.05) is 19.8 Å². The highest BCUT2D eigenvalue weighted by atomic mass is 28.4. The maximum atomic E-state index is 5.85. The van der Waals surface area contributed by atoms with Gasteiger partial charge in [-0.1, -0.05) is 25.5 Å². The first kappa shape index (κ1) is 18.8. The summed E-state index contributed by atoms with van der Waals surface area (Å²) in [5, 5.41) is 0. The lowest BCUT2D eigenvalue weighted by molar-refractivity contribution is 0.0706. The van der Waals surface area contributed by atoms with Crippen LogP contribution in [0.2, 0.25) is 6.04 Å². The molecule has 0 N–H and O–H groups in total. The molecular weight excluding hydrogens is 256 g/mol. The summed E-state index contributed by atoms with van der Waals surface area (Å²) in [5.74, 6) is 0.660. The largest absolute Gasteiger partial charge is 0.500 e. The van der Waals surface area contributed by atoms with Crippen molar-refractivity contribution < 1.29 is 13.3 Å². The van der Waals surface area contributed by atoms with Crippen molar-refractivity contribution in [2.45, 2.75) is 59.9 Å². The van der Waals surface area contributed by atoms with Crippen LogP contribution in [-0.2, 0) is 13.3 Å². The average molecular weight is 289 g/mol. The number of rotatable bonds is 12. The maximum absolute atomic E-state index is 5.85. The van der Waals surface area contributed by atoms with Crippen LogP contribution in [-0.4, -0.2) is 28.6 Å². The molecule has 0 aliphatic carbocycles. The fraction of sp³-hybridized carbons (Fsp3) is 0.867. The second-order valence-corrected chi connectivity index (χ2v) is 7.46. The molecule has 0 aromatic rings. The van der Waals surface area contributed by atoms with Crippen LogP contribution in [0, 0.1) is 5.92 Å². The Balaban J connectivity index is 4.16. The van der Waals surface area contributed by atoms with Gasteiger partial charge in [-0.15, -0.1) is 0 Å². The van der Waals surface area contributed by atoms with Crippen LogP contribution >= 0.6 is 0 Å². The molecule has 114 valence electrons. The van der Waals surface area contributed by atoms with Crippen LogP contribution in [0.3, 0.4) is 0 Å². The summed E-state index contributed by atoms with van der Waals surface area (Å²) in [6, 6.07) is 0.936. The molecule has 0 aliphatic rings. The van der Waals surface area contributed by atoms with Gasteiger partial charge in [0.05, 0.1) is 0 Å². The van der Waals surface area contributed by atoms with Gasteiger partial charge in [0.1, 0.15) is 0 Å². The Bertz CT molecular complexity index is 214. The van der Waals surface area contributed by atoms with E-state index in [1.165, 1.54) is 12.8 Å². The lowest BCUT2D eigenvalue weighted by Crippen LogP contribution is -2.45. The Morgan fingerprint density at radius 3 is 1.89 bits per heavy atom. The quantitative estimate of drug-likeness (QED) is 0.302. The summed E-state index contributed by atoms with van der Waals surface area (Å²) >= 11 is 0. The van der Waals surface area contributed by atoms with Crippen LogP contribution in [0.5, 0.6) is 0 Å². The van der Waals surface area contributed by atoms with Gasteiger partial charge >= 0.3 is 8.80 Å². The highest BCUT2D eigenvalue weighted by molar-refractivity contribution is 6.60. The molecule has 1 unspecified atom stereocenters. The van der Waals surface area contributed by atoms with Crippen LogP contribution in [0.25, 0.3) is 0 Å². The van der Waals surface area contributed by atoms with E-state index in [2.05, 4.69) is 26.0 Å². The van der Waals surface area contributed by atoms with E-state index in [9.17, 15) is 0 Å². The predicted molar refractivity (Wildman–Crippen MR) is 83.3 cm³/mol. The second kappa shape index (κ2) is 11.6. The lowest BCUT2D eigenvalue weighted by atomic mass is 10.0. The van der Waals surface area contributed by atoms with Gasteiger partial charge in [0, 0.05) is 25.9 Å². The first-order chi connectivity index (χ1) is 9.14. The van der Waals surface area contributed by atoms with Gasteiger partial charge in [-0.2, -0.15) is 0 Å². The SMILES string of the molecule is CC=CC(C)CCCC[Si](OCC)(OCC)OCC. The highest BCUT2D eigenvalue weighted by Crippen LogP contribution is 2.21. The first-order valence-electron chi connectivity index (χ1n) is 7.68. The Labute approximate surface area is 120 Å². The predicted octanol–water partition coefficient (Wildman–Crippen LogP) is 4.42. The average Bonchev–Trinajstić information content (AvgIpc) is 2.36. The zero-order valence-corrected chi connectivity index (χ0v) is 14.4. The van der Waals surface area contributed by atoms with Crippen LogP contribution in [0.4, 0.5) is 0 Å². The molecule has 3 nitrogen and oxygen atoms in total. The zero-order chi connectivity index (χ0) is 14.6. The van der Waals surface area contributed by atoms with Crippen LogP contribution in [0.1, 0.15) is 53.9 Å². The molecule has 0 bridgehead atoms. The Morgan fingerprint density at radius 1 is 0.947 bits per heavy atom. The summed E-state index contributed by atoms with van der Waals surface area (Å²) < 4.78 is 17.5. The van der Waals surface area contributed by atoms with Gasteiger partial charge in [-0.25, -0.2) is 0 Å². The van der Waals surface area contributed by atoms with E-state index in [0.29, 0.717) is 25.7 Å². The number of allylic oxidation sites excluding steroid dienone is 2. The van der Waals surface area contributed by atoms with Gasteiger partial charge in [-0.05, 0) is 46.5 Å². The molecule has 4 heteroatoms. The van der Waals surface area contributed by atoms with Gasteiger partial charge in [0.25, 0.3) is 0 Å². The molecule has 0 aromatic heterocycles. The molecule has 0 aromatic carbocycles. The Hall–Kier alpha value is -0.163. The van der Waals surface area contributed by atoms with Crippen molar-refractivity contribution in [1.82, 2.24) is 0 Å². The van der Waals surface area contributed by atoms with E-state index in [0.717, 1.165) is 12.5 Å². The summed E-state index contributed by atoms with van der Waals surface area (Å²) in [6.45, 7) is 12.4. The molecule has 0 saturated heterocycles. The van der Waals surface area contributed by atoms with E-state index in [1.807, 2.05) is 20.8 Å². The third kappa shape index (κ3) is 8.58. The van der Waals surface area contributed by atoms with Crippen LogP contribution < -0.4 is 0 Å². The topological polar surface area (TPSA) is 27.7 Å². The molecule has 0 fully saturated rings. The summed E-state index contributed by atoms with van der Waals surface area (Å²) in [7, 11) is -2.40. The second-order valence-electron chi connectivity index (χ2n) is 4.73. The number of unbranched alkanes of at least 4 members (excludes halogenated alkanes) is 1. The van der Waals surface area contributed by atoms with Gasteiger partial charge in [0.15, 0.2) is 0 Å². The molecule has 0 rings (SSSR count). The van der Waals surface area contributed by atoms with E-state index < -0.39 is 8.80 Å². The highest BCUT2D eigenvalue weighted by Gasteiger charge is 2.39. The van der Waals surface area contributed by atoms with E-state index in [1.54, 1.807) is 0 Å². The molecule has 0 amide bonds. The van der Waals surface area contributed by atoms with E-state index in [-0.39, 0.29) is 0 Å². The zero-order valence-electron chi connectivity index (χ0n) is 13.4. The minimum atomic E-state index is -2.40. The van der Waals surface area contributed by atoms with Crippen molar-refractivity contribution in [3.8, 4) is 0 Å². The fourth-order valence-electron chi connectivity index (χ4n) is 2.23. The van der Waals surface area contributed by atoms with Crippen molar-refractivity contribution in [3.63, 3.8) is 0 Å². The molecule has 0 radical (unpaired) electrons. The Kier molecular flexibility index (Phi) is 11.5. The smallest absolute Gasteiger partial charge is 0.374 e. The third-order valence-electron chi connectivity index (χ3n) is 3.01. The molecular formula is C15H32O3Si. The Morgan fingerprint density at radius 2 is 1.47 bits per heavy atom. The third-order valence-corrected chi connectivity index (χ3v) is 6.16. The van der Waals surface area contributed by atoms with Gasteiger partial charge in [0.2, 0.25) is 0 Å². The van der Waals surface area contributed by atoms with Crippen molar-refractivity contribution in [2.24, 2.45) is 5.92 Å². The summed E-state index contributed by atoms with van der Waals surface area (Å²) in [5.41, 5.74) is 0. The van der Waals surface area contributed by atoms with Crippen molar-refractivity contribution in [3.05, 3.63) is 12.2 Å². The van der Waals surface area contributed by atoms with Crippen molar-refractivity contribution >= 4 is 8.80 Å². The summed E-state index contributed by atoms with van der Waals surface area (Å²) in [6.07, 6.45) is 7.93. The standard InChI is InChI=1S/C15H32O3Si/c1-6-12-15(5)13-10-11-14-19(16-7-2,17-8-3)18-9-4/h6,12,15H,7-11,13-14H2,1-5H3. The number of hydrogen-bond donors (Lipinski definition) is 0. The number of hydrogen-bond acceptors (Lipinski definition) is 3. The normalized spacial score (nSPS) is 14.2. The van der Waals surface area contributed by atoms with E-state index >= 15 is 0 Å². The van der Waals surface area contributed by atoms with E-state index in [4.69, 9.17) is 13.3 Å². The maximum Gasteiger partial charge on any atom is 0.500 e. The molecule has 0 heterocycles. The van der Waals surface area contributed by atoms with Gasteiger partial charge < -0.3 is 13.3 Å². The molecule has 1 atom stereocenters. The molecule has 0 spiro atoms. The minimum Gasteiger partial charge on any atom is -0.374 e. The molecule has 0 saturated carbocycles.